The van der Waals surface area contributed by atoms with Gasteiger partial charge in [-0.25, -0.2) is 8.42 Å². The van der Waals surface area contributed by atoms with Crippen LogP contribution in [0, 0.1) is 5.92 Å². The van der Waals surface area contributed by atoms with Gasteiger partial charge < -0.3 is 5.32 Å². The van der Waals surface area contributed by atoms with E-state index in [9.17, 15) is 13.2 Å². The highest BCUT2D eigenvalue weighted by atomic mass is 35.5. The van der Waals surface area contributed by atoms with Crippen molar-refractivity contribution >= 4 is 27.3 Å². The van der Waals surface area contributed by atoms with Crippen LogP contribution < -0.4 is 5.32 Å². The summed E-state index contributed by atoms with van der Waals surface area (Å²) in [6, 6.07) is 7.19. The van der Waals surface area contributed by atoms with Crippen molar-refractivity contribution < 1.29 is 13.2 Å². The number of benzene rings is 1. The largest absolute Gasteiger partial charge is 0.350 e. The van der Waals surface area contributed by atoms with Gasteiger partial charge in [0.25, 0.3) is 0 Å². The van der Waals surface area contributed by atoms with Crippen molar-refractivity contribution in [3.63, 3.8) is 0 Å². The lowest BCUT2D eigenvalue weighted by Gasteiger charge is -2.16. The Morgan fingerprint density at radius 3 is 2.85 bits per heavy atom. The number of hydrogen-bond donors (Lipinski definition) is 1. The molecule has 1 amide bonds. The Balaban J connectivity index is 1.88. The molecule has 0 bridgehead atoms. The third kappa shape index (κ3) is 4.21. The Morgan fingerprint density at radius 1 is 1.50 bits per heavy atom. The monoisotopic (exact) mass is 315 g/mol. The maximum Gasteiger partial charge on any atom is 0.220 e. The number of hydrogen-bond acceptors (Lipinski definition) is 3. The summed E-state index contributed by atoms with van der Waals surface area (Å²) < 4.78 is 22.7. The molecule has 20 heavy (non-hydrogen) atoms. The lowest BCUT2D eigenvalue weighted by molar-refractivity contribution is -0.122. The molecule has 1 aliphatic heterocycles. The summed E-state index contributed by atoms with van der Waals surface area (Å²) in [6.07, 6.45) is 0.853. The molecule has 110 valence electrons. The van der Waals surface area contributed by atoms with Gasteiger partial charge >= 0.3 is 0 Å². The molecule has 6 heteroatoms. The van der Waals surface area contributed by atoms with E-state index in [2.05, 4.69) is 5.32 Å². The number of amides is 1. The molecule has 4 nitrogen and oxygen atoms in total. The van der Waals surface area contributed by atoms with Gasteiger partial charge in [0.1, 0.15) is 0 Å². The third-order valence-electron chi connectivity index (χ3n) is 3.53. The predicted octanol–water partition coefficient (Wildman–Crippen LogP) is 2.34. The van der Waals surface area contributed by atoms with Crippen LogP contribution in [0.5, 0.6) is 0 Å². The summed E-state index contributed by atoms with van der Waals surface area (Å²) in [6.45, 7) is 1.88. The highest BCUT2D eigenvalue weighted by molar-refractivity contribution is 7.91. The number of sulfone groups is 1. The summed E-state index contributed by atoms with van der Waals surface area (Å²) in [7, 11) is -2.92. The van der Waals surface area contributed by atoms with Crippen molar-refractivity contribution in [1.82, 2.24) is 5.32 Å². The Bertz CT molecular complexity index is 600. The molecule has 1 saturated heterocycles. The maximum atomic E-state index is 11.9. The minimum Gasteiger partial charge on any atom is -0.350 e. The molecule has 1 aromatic carbocycles. The normalized spacial score (nSPS) is 22.4. The molecule has 0 radical (unpaired) electrons. The molecule has 0 spiro atoms. The first-order valence-electron chi connectivity index (χ1n) is 6.61. The molecule has 1 heterocycles. The number of nitrogens with one attached hydrogen (secondary N) is 1. The second-order valence-electron chi connectivity index (χ2n) is 5.32. The van der Waals surface area contributed by atoms with Crippen molar-refractivity contribution in [1.29, 1.82) is 0 Å². The van der Waals surface area contributed by atoms with E-state index in [0.29, 0.717) is 11.4 Å². The van der Waals surface area contributed by atoms with Crippen molar-refractivity contribution in [3.8, 4) is 0 Å². The molecule has 0 saturated carbocycles. The van der Waals surface area contributed by atoms with Crippen LogP contribution in [-0.2, 0) is 14.6 Å². The van der Waals surface area contributed by atoms with Crippen LogP contribution in [0.4, 0.5) is 0 Å². The lowest BCUT2D eigenvalue weighted by Crippen LogP contribution is -2.28. The maximum absolute atomic E-state index is 11.9. The van der Waals surface area contributed by atoms with Gasteiger partial charge in [-0.15, -0.1) is 0 Å². The van der Waals surface area contributed by atoms with E-state index in [1.165, 1.54) is 0 Å². The lowest BCUT2D eigenvalue weighted by atomic mass is 10.0. The Hall–Kier alpha value is -1.07. The predicted molar refractivity (Wildman–Crippen MR) is 79.4 cm³/mol. The average molecular weight is 316 g/mol. The van der Waals surface area contributed by atoms with Gasteiger partial charge in [0.2, 0.25) is 5.91 Å². The number of halogens is 1. The van der Waals surface area contributed by atoms with E-state index in [4.69, 9.17) is 11.6 Å². The van der Waals surface area contributed by atoms with Crippen LogP contribution in [-0.4, -0.2) is 25.8 Å². The van der Waals surface area contributed by atoms with Gasteiger partial charge in [-0.05, 0) is 37.0 Å². The van der Waals surface area contributed by atoms with Crippen LogP contribution in [0.15, 0.2) is 24.3 Å². The highest BCUT2D eigenvalue weighted by Gasteiger charge is 2.29. The smallest absolute Gasteiger partial charge is 0.220 e. The van der Waals surface area contributed by atoms with Crippen molar-refractivity contribution in [2.24, 2.45) is 5.92 Å². The molecule has 2 unspecified atom stereocenters. The van der Waals surface area contributed by atoms with E-state index in [-0.39, 0.29) is 35.8 Å². The van der Waals surface area contributed by atoms with E-state index in [1.54, 1.807) is 6.07 Å². The van der Waals surface area contributed by atoms with Crippen molar-refractivity contribution in [2.45, 2.75) is 25.8 Å². The van der Waals surface area contributed by atoms with Gasteiger partial charge in [0.15, 0.2) is 9.84 Å². The minimum atomic E-state index is -2.92. The molecule has 1 N–H and O–H groups in total. The molecule has 2 atom stereocenters. The summed E-state index contributed by atoms with van der Waals surface area (Å²) in [5.74, 6) is 0.173. The van der Waals surface area contributed by atoms with E-state index < -0.39 is 9.84 Å². The first-order chi connectivity index (χ1) is 9.35. The zero-order chi connectivity index (χ0) is 14.8. The fourth-order valence-electron chi connectivity index (χ4n) is 2.45. The van der Waals surface area contributed by atoms with Crippen LogP contribution >= 0.6 is 11.6 Å². The fraction of sp³-hybridized carbons (Fsp3) is 0.500. The number of carbonyl (C=O) groups is 1. The molecule has 2 rings (SSSR count). The Morgan fingerprint density at radius 2 is 2.25 bits per heavy atom. The van der Waals surface area contributed by atoms with Crippen LogP contribution in [0.3, 0.4) is 0 Å². The topological polar surface area (TPSA) is 63.2 Å². The molecule has 1 aromatic rings. The molecule has 0 aromatic heterocycles. The van der Waals surface area contributed by atoms with E-state index >= 15 is 0 Å². The average Bonchev–Trinajstić information content (AvgIpc) is 2.68. The Kier molecular flexibility index (Phi) is 4.70. The second-order valence-corrected chi connectivity index (χ2v) is 7.98. The summed E-state index contributed by atoms with van der Waals surface area (Å²) in [5.41, 5.74) is 0.935. The molecule has 1 fully saturated rings. The highest BCUT2D eigenvalue weighted by Crippen LogP contribution is 2.22. The van der Waals surface area contributed by atoms with Crippen LogP contribution in [0.25, 0.3) is 0 Å². The van der Waals surface area contributed by atoms with Gasteiger partial charge in [-0.1, -0.05) is 23.7 Å². The molecular formula is C14H18ClNO3S. The van der Waals surface area contributed by atoms with Crippen LogP contribution in [0.2, 0.25) is 5.02 Å². The summed E-state index contributed by atoms with van der Waals surface area (Å²) in [4.78, 5) is 11.9. The number of carbonyl (C=O) groups excluding carboxylic acids is 1. The standard InChI is InChI=1S/C14H18ClNO3S/c1-10(12-3-2-4-13(15)8-12)16-14(17)7-11-5-6-20(18,19)9-11/h2-4,8,10-11H,5-7,9H2,1H3,(H,16,17). The van der Waals surface area contributed by atoms with Gasteiger partial charge in [0.05, 0.1) is 17.5 Å². The fourth-order valence-corrected chi connectivity index (χ4v) is 4.52. The van der Waals surface area contributed by atoms with Crippen LogP contribution in [0.1, 0.15) is 31.4 Å². The summed E-state index contributed by atoms with van der Waals surface area (Å²) in [5, 5.41) is 3.52. The third-order valence-corrected chi connectivity index (χ3v) is 5.60. The quantitative estimate of drug-likeness (QED) is 0.927. The van der Waals surface area contributed by atoms with E-state index in [0.717, 1.165) is 5.56 Å². The summed E-state index contributed by atoms with van der Waals surface area (Å²) >= 11 is 5.91. The minimum absolute atomic E-state index is 0.0495. The molecule has 0 aliphatic carbocycles. The van der Waals surface area contributed by atoms with Gasteiger partial charge in [-0.3, -0.25) is 4.79 Å². The Labute approximate surface area is 124 Å². The van der Waals surface area contributed by atoms with Crippen molar-refractivity contribution in [2.75, 3.05) is 11.5 Å². The number of rotatable bonds is 4. The van der Waals surface area contributed by atoms with Crippen molar-refractivity contribution in [3.05, 3.63) is 34.9 Å². The molecular weight excluding hydrogens is 298 g/mol. The molecule has 1 aliphatic rings. The first kappa shape index (κ1) is 15.3. The van der Waals surface area contributed by atoms with Gasteiger partial charge in [-0.2, -0.15) is 0 Å². The second kappa shape index (κ2) is 6.14. The first-order valence-corrected chi connectivity index (χ1v) is 8.81. The van der Waals surface area contributed by atoms with E-state index in [1.807, 2.05) is 25.1 Å². The zero-order valence-corrected chi connectivity index (χ0v) is 12.9. The van der Waals surface area contributed by atoms with Gasteiger partial charge in [0, 0.05) is 11.4 Å². The zero-order valence-electron chi connectivity index (χ0n) is 11.3. The SMILES string of the molecule is CC(NC(=O)CC1CCS(=O)(=O)C1)c1cccc(Cl)c1.